The van der Waals surface area contributed by atoms with Crippen molar-refractivity contribution in [2.45, 2.75) is 13.0 Å². The predicted molar refractivity (Wildman–Crippen MR) is 99.9 cm³/mol. The van der Waals surface area contributed by atoms with Crippen LogP contribution < -0.4 is 4.74 Å². The second-order valence-corrected chi connectivity index (χ2v) is 6.46. The summed E-state index contributed by atoms with van der Waals surface area (Å²) < 4.78 is 5.22. The molecular weight excluding hydrogens is 326 g/mol. The number of rotatable bonds is 4. The molecule has 0 aromatic heterocycles. The van der Waals surface area contributed by atoms with Gasteiger partial charge in [0.1, 0.15) is 5.75 Å². The molecule has 1 aliphatic heterocycles. The van der Waals surface area contributed by atoms with Gasteiger partial charge in [0, 0.05) is 38.3 Å². The van der Waals surface area contributed by atoms with Crippen LogP contribution in [0, 0.1) is 11.3 Å². The van der Waals surface area contributed by atoms with Crippen molar-refractivity contribution < 1.29 is 9.53 Å². The number of amides is 1. The summed E-state index contributed by atoms with van der Waals surface area (Å²) in [5, 5.41) is 8.89. The first-order chi connectivity index (χ1) is 12.7. The van der Waals surface area contributed by atoms with Gasteiger partial charge in [-0.3, -0.25) is 9.69 Å². The van der Waals surface area contributed by atoms with Crippen LogP contribution in [0.2, 0.25) is 0 Å². The third-order valence-corrected chi connectivity index (χ3v) is 4.68. The van der Waals surface area contributed by atoms with Gasteiger partial charge in [-0.05, 0) is 42.3 Å². The zero-order valence-corrected chi connectivity index (χ0v) is 15.0. The molecule has 1 amide bonds. The number of nitriles is 1. The molecule has 2 aromatic rings. The maximum Gasteiger partial charge on any atom is 0.254 e. The van der Waals surface area contributed by atoms with Crippen LogP contribution in [0.15, 0.2) is 48.5 Å². The smallest absolute Gasteiger partial charge is 0.254 e. The maximum atomic E-state index is 12.8. The van der Waals surface area contributed by atoms with Crippen molar-refractivity contribution in [1.29, 1.82) is 5.26 Å². The van der Waals surface area contributed by atoms with E-state index in [2.05, 4.69) is 11.0 Å². The zero-order valence-electron chi connectivity index (χ0n) is 15.0. The van der Waals surface area contributed by atoms with Gasteiger partial charge in [0.25, 0.3) is 5.91 Å². The molecule has 2 aromatic carbocycles. The van der Waals surface area contributed by atoms with E-state index < -0.39 is 0 Å². The Labute approximate surface area is 154 Å². The fourth-order valence-electron chi connectivity index (χ4n) is 3.21. The molecule has 1 saturated heterocycles. The molecule has 134 valence electrons. The average Bonchev–Trinajstić information content (AvgIpc) is 2.93. The number of carbonyl (C=O) groups is 1. The van der Waals surface area contributed by atoms with Crippen molar-refractivity contribution >= 4 is 5.91 Å². The monoisotopic (exact) mass is 349 g/mol. The van der Waals surface area contributed by atoms with Crippen molar-refractivity contribution in [1.82, 2.24) is 9.80 Å². The summed E-state index contributed by atoms with van der Waals surface area (Å²) in [5.74, 6) is 0.761. The van der Waals surface area contributed by atoms with Crippen LogP contribution in [0.4, 0.5) is 0 Å². The summed E-state index contributed by atoms with van der Waals surface area (Å²) in [4.78, 5) is 17.1. The Kier molecular flexibility index (Phi) is 5.88. The molecular formula is C21H23N3O2. The van der Waals surface area contributed by atoms with Crippen molar-refractivity contribution in [3.8, 4) is 11.8 Å². The Hall–Kier alpha value is -2.84. The minimum Gasteiger partial charge on any atom is -0.497 e. The lowest BCUT2D eigenvalue weighted by atomic mass is 10.1. The van der Waals surface area contributed by atoms with E-state index in [1.54, 1.807) is 13.2 Å². The van der Waals surface area contributed by atoms with E-state index in [1.165, 1.54) is 5.56 Å². The van der Waals surface area contributed by atoms with E-state index in [0.717, 1.165) is 32.6 Å². The summed E-state index contributed by atoms with van der Waals surface area (Å²) in [6, 6.07) is 17.2. The minimum atomic E-state index is 0.0594. The lowest BCUT2D eigenvalue weighted by Crippen LogP contribution is -2.35. The Morgan fingerprint density at radius 2 is 1.92 bits per heavy atom. The van der Waals surface area contributed by atoms with Crippen molar-refractivity contribution in [3.05, 3.63) is 65.2 Å². The molecule has 1 aliphatic rings. The van der Waals surface area contributed by atoms with Gasteiger partial charge in [-0.1, -0.05) is 18.2 Å². The first kappa shape index (κ1) is 18.0. The van der Waals surface area contributed by atoms with Gasteiger partial charge in [-0.2, -0.15) is 5.26 Å². The molecule has 3 rings (SSSR count). The number of hydrogen-bond donors (Lipinski definition) is 0. The summed E-state index contributed by atoms with van der Waals surface area (Å²) in [5.41, 5.74) is 2.54. The Bertz CT molecular complexity index is 796. The van der Waals surface area contributed by atoms with Crippen molar-refractivity contribution in [2.24, 2.45) is 0 Å². The molecule has 26 heavy (non-hydrogen) atoms. The molecule has 0 atom stereocenters. The minimum absolute atomic E-state index is 0.0594. The third kappa shape index (κ3) is 4.41. The highest BCUT2D eigenvalue weighted by atomic mass is 16.5. The molecule has 0 radical (unpaired) electrons. The average molecular weight is 349 g/mol. The first-order valence-electron chi connectivity index (χ1n) is 8.84. The van der Waals surface area contributed by atoms with Crippen LogP contribution in [-0.2, 0) is 6.54 Å². The molecule has 0 N–H and O–H groups in total. The zero-order chi connectivity index (χ0) is 18.4. The number of nitrogens with zero attached hydrogens (tertiary/aromatic N) is 3. The van der Waals surface area contributed by atoms with E-state index in [0.29, 0.717) is 23.4 Å². The van der Waals surface area contributed by atoms with Gasteiger partial charge in [-0.25, -0.2) is 0 Å². The highest BCUT2D eigenvalue weighted by Gasteiger charge is 2.20. The molecule has 1 fully saturated rings. The normalized spacial score (nSPS) is 15.2. The van der Waals surface area contributed by atoms with E-state index in [1.807, 2.05) is 47.4 Å². The number of carbonyl (C=O) groups excluding carboxylic acids is 1. The van der Waals surface area contributed by atoms with Gasteiger partial charge in [-0.15, -0.1) is 0 Å². The van der Waals surface area contributed by atoms with E-state index in [-0.39, 0.29) is 5.91 Å². The Balaban J connectivity index is 1.60. The standard InChI is InChI=1S/C21H23N3O2/c1-26-20-5-2-4-19(14-20)21(25)24-11-3-10-23(12-13-24)16-18-8-6-17(15-22)7-9-18/h2,4-9,14H,3,10-13,16H2,1H3. The Morgan fingerprint density at radius 3 is 2.65 bits per heavy atom. The van der Waals surface area contributed by atoms with E-state index in [4.69, 9.17) is 10.00 Å². The van der Waals surface area contributed by atoms with Gasteiger partial charge in [0.05, 0.1) is 18.7 Å². The van der Waals surface area contributed by atoms with E-state index >= 15 is 0 Å². The molecule has 0 bridgehead atoms. The molecule has 0 unspecified atom stereocenters. The van der Waals surface area contributed by atoms with Gasteiger partial charge >= 0.3 is 0 Å². The topological polar surface area (TPSA) is 56.6 Å². The van der Waals surface area contributed by atoms with Crippen LogP contribution in [0.5, 0.6) is 5.75 Å². The molecule has 1 heterocycles. The second-order valence-electron chi connectivity index (χ2n) is 6.46. The summed E-state index contributed by atoms with van der Waals surface area (Å²) in [6.07, 6.45) is 0.950. The first-order valence-corrected chi connectivity index (χ1v) is 8.84. The fourth-order valence-corrected chi connectivity index (χ4v) is 3.21. The molecule has 5 nitrogen and oxygen atoms in total. The second kappa shape index (κ2) is 8.50. The number of methoxy groups -OCH3 is 1. The summed E-state index contributed by atoms with van der Waals surface area (Å²) >= 11 is 0. The van der Waals surface area contributed by atoms with Crippen LogP contribution in [0.3, 0.4) is 0 Å². The number of hydrogen-bond acceptors (Lipinski definition) is 4. The van der Waals surface area contributed by atoms with Crippen LogP contribution in [-0.4, -0.2) is 49.0 Å². The van der Waals surface area contributed by atoms with Gasteiger partial charge in [0.15, 0.2) is 0 Å². The summed E-state index contributed by atoms with van der Waals surface area (Å²) in [6.45, 7) is 4.12. The Morgan fingerprint density at radius 1 is 1.12 bits per heavy atom. The van der Waals surface area contributed by atoms with Gasteiger partial charge < -0.3 is 9.64 Å². The quantitative estimate of drug-likeness (QED) is 0.852. The van der Waals surface area contributed by atoms with E-state index in [9.17, 15) is 4.79 Å². The van der Waals surface area contributed by atoms with Crippen LogP contribution >= 0.6 is 0 Å². The fraction of sp³-hybridized carbons (Fsp3) is 0.333. The largest absolute Gasteiger partial charge is 0.497 e. The number of ether oxygens (including phenoxy) is 1. The predicted octanol–water partition coefficient (Wildman–Crippen LogP) is 2.91. The highest BCUT2D eigenvalue weighted by Crippen LogP contribution is 2.16. The van der Waals surface area contributed by atoms with Crippen LogP contribution in [0.25, 0.3) is 0 Å². The van der Waals surface area contributed by atoms with Gasteiger partial charge in [0.2, 0.25) is 0 Å². The highest BCUT2D eigenvalue weighted by molar-refractivity contribution is 5.94. The lowest BCUT2D eigenvalue weighted by molar-refractivity contribution is 0.0760. The lowest BCUT2D eigenvalue weighted by Gasteiger charge is -2.22. The van der Waals surface area contributed by atoms with Crippen LogP contribution in [0.1, 0.15) is 27.9 Å². The molecule has 0 saturated carbocycles. The molecule has 0 spiro atoms. The van der Waals surface area contributed by atoms with Crippen molar-refractivity contribution in [2.75, 3.05) is 33.3 Å². The maximum absolute atomic E-state index is 12.8. The third-order valence-electron chi connectivity index (χ3n) is 4.68. The summed E-state index contributed by atoms with van der Waals surface area (Å²) in [7, 11) is 1.61. The number of benzene rings is 2. The molecule has 0 aliphatic carbocycles. The molecule has 5 heteroatoms. The van der Waals surface area contributed by atoms with Crippen molar-refractivity contribution in [3.63, 3.8) is 0 Å². The SMILES string of the molecule is COc1cccc(C(=O)N2CCCN(Cc3ccc(C#N)cc3)CC2)c1.